The minimum Gasteiger partial charge on any atom is -0.389 e. The zero-order valence-corrected chi connectivity index (χ0v) is 14.7. The van der Waals surface area contributed by atoms with Crippen LogP contribution in [-0.4, -0.2) is 34.6 Å². The van der Waals surface area contributed by atoms with Crippen LogP contribution in [0.5, 0.6) is 0 Å². The van der Waals surface area contributed by atoms with Crippen molar-refractivity contribution in [1.29, 1.82) is 0 Å². The van der Waals surface area contributed by atoms with Crippen molar-refractivity contribution in [2.75, 3.05) is 18.4 Å². The van der Waals surface area contributed by atoms with E-state index >= 15 is 0 Å². The summed E-state index contributed by atoms with van der Waals surface area (Å²) in [4.78, 5) is 14.6. The van der Waals surface area contributed by atoms with E-state index in [4.69, 9.17) is 0 Å². The first kappa shape index (κ1) is 17.2. The number of nitrogens with one attached hydrogen (secondary N) is 1. The SMILES string of the molecule is CC(C)(O)CN1CCc2c(cccc2NC(=O)C[C@H]2C=CCC2)C1. The molecule has 1 aliphatic carbocycles. The Kier molecular flexibility index (Phi) is 5.07. The summed E-state index contributed by atoms with van der Waals surface area (Å²) in [5, 5.41) is 13.1. The Morgan fingerprint density at radius 2 is 2.25 bits per heavy atom. The Labute approximate surface area is 144 Å². The first-order valence-corrected chi connectivity index (χ1v) is 8.93. The maximum Gasteiger partial charge on any atom is 0.224 e. The summed E-state index contributed by atoms with van der Waals surface area (Å²) >= 11 is 0. The normalized spacial score (nSPS) is 20.9. The number of nitrogens with zero attached hydrogens (tertiary/aromatic N) is 1. The van der Waals surface area contributed by atoms with Gasteiger partial charge in [-0.2, -0.15) is 0 Å². The van der Waals surface area contributed by atoms with Crippen molar-refractivity contribution >= 4 is 11.6 Å². The summed E-state index contributed by atoms with van der Waals surface area (Å²) in [6.45, 7) is 6.09. The average Bonchev–Trinajstić information content (AvgIpc) is 2.98. The van der Waals surface area contributed by atoms with E-state index in [0.29, 0.717) is 18.9 Å². The van der Waals surface area contributed by atoms with E-state index in [1.807, 2.05) is 26.0 Å². The van der Waals surface area contributed by atoms with Crippen molar-refractivity contribution in [3.63, 3.8) is 0 Å². The first-order chi connectivity index (χ1) is 11.4. The first-order valence-electron chi connectivity index (χ1n) is 8.93. The molecule has 0 saturated carbocycles. The van der Waals surface area contributed by atoms with Gasteiger partial charge in [0.05, 0.1) is 5.60 Å². The molecule has 0 aromatic heterocycles. The molecule has 2 N–H and O–H groups in total. The Balaban J connectivity index is 1.65. The molecule has 0 unspecified atom stereocenters. The fourth-order valence-electron chi connectivity index (χ4n) is 3.77. The zero-order valence-electron chi connectivity index (χ0n) is 14.7. The van der Waals surface area contributed by atoms with Gasteiger partial charge in [0.1, 0.15) is 0 Å². The lowest BCUT2D eigenvalue weighted by molar-refractivity contribution is -0.116. The van der Waals surface area contributed by atoms with E-state index in [9.17, 15) is 9.90 Å². The molecule has 1 aromatic carbocycles. The molecule has 0 radical (unpaired) electrons. The van der Waals surface area contributed by atoms with Crippen LogP contribution in [0.2, 0.25) is 0 Å². The van der Waals surface area contributed by atoms with Gasteiger partial charge in [0.2, 0.25) is 5.91 Å². The van der Waals surface area contributed by atoms with E-state index in [1.165, 1.54) is 11.1 Å². The van der Waals surface area contributed by atoms with Crippen molar-refractivity contribution in [1.82, 2.24) is 4.90 Å². The van der Waals surface area contributed by atoms with E-state index in [2.05, 4.69) is 28.4 Å². The van der Waals surface area contributed by atoms with Gasteiger partial charge in [-0.1, -0.05) is 24.3 Å². The van der Waals surface area contributed by atoms with Crippen molar-refractivity contribution in [2.24, 2.45) is 5.92 Å². The average molecular weight is 328 g/mol. The number of carbonyl (C=O) groups excluding carboxylic acids is 1. The summed E-state index contributed by atoms with van der Waals surface area (Å²) < 4.78 is 0. The van der Waals surface area contributed by atoms with Crippen molar-refractivity contribution in [3.05, 3.63) is 41.5 Å². The number of rotatable bonds is 5. The lowest BCUT2D eigenvalue weighted by Crippen LogP contribution is -2.41. The van der Waals surface area contributed by atoms with E-state index < -0.39 is 5.60 Å². The molecule has 0 bridgehead atoms. The highest BCUT2D eigenvalue weighted by atomic mass is 16.3. The van der Waals surface area contributed by atoms with Gasteiger partial charge in [-0.15, -0.1) is 0 Å². The molecule has 0 saturated heterocycles. The van der Waals surface area contributed by atoms with Crippen molar-refractivity contribution < 1.29 is 9.90 Å². The summed E-state index contributed by atoms with van der Waals surface area (Å²) in [6, 6.07) is 6.14. The monoisotopic (exact) mass is 328 g/mol. The van der Waals surface area contributed by atoms with Crippen LogP contribution in [0.3, 0.4) is 0 Å². The predicted molar refractivity (Wildman–Crippen MR) is 96.8 cm³/mol. The quantitative estimate of drug-likeness (QED) is 0.817. The number of benzene rings is 1. The Bertz CT molecular complexity index is 631. The van der Waals surface area contributed by atoms with Crippen LogP contribution < -0.4 is 5.32 Å². The molecule has 1 amide bonds. The summed E-state index contributed by atoms with van der Waals surface area (Å²) in [6.07, 6.45) is 7.99. The van der Waals surface area contributed by atoms with E-state index in [-0.39, 0.29) is 5.91 Å². The lowest BCUT2D eigenvalue weighted by atomic mass is 9.96. The largest absolute Gasteiger partial charge is 0.389 e. The van der Waals surface area contributed by atoms with Gasteiger partial charge in [-0.3, -0.25) is 9.69 Å². The third-order valence-corrected chi connectivity index (χ3v) is 4.79. The van der Waals surface area contributed by atoms with Gasteiger partial charge >= 0.3 is 0 Å². The Morgan fingerprint density at radius 3 is 2.96 bits per heavy atom. The molecule has 1 atom stereocenters. The van der Waals surface area contributed by atoms with Crippen LogP contribution in [-0.2, 0) is 17.8 Å². The second-order valence-corrected chi connectivity index (χ2v) is 7.73. The standard InChI is InChI=1S/C20H28N2O2/c1-20(2,24)14-22-11-10-17-16(13-22)8-5-9-18(17)21-19(23)12-15-6-3-4-7-15/h3,5-6,8-9,15,24H,4,7,10-14H2,1-2H3,(H,21,23)/t15-/m0/s1. The Hall–Kier alpha value is -1.65. The molecule has 3 rings (SSSR count). The number of hydrogen-bond acceptors (Lipinski definition) is 3. The fraction of sp³-hybridized carbons (Fsp3) is 0.550. The van der Waals surface area contributed by atoms with Gasteiger partial charge in [0.25, 0.3) is 0 Å². The van der Waals surface area contributed by atoms with Crippen molar-refractivity contribution in [2.45, 2.75) is 51.7 Å². The van der Waals surface area contributed by atoms with Crippen LogP contribution in [0.4, 0.5) is 5.69 Å². The van der Waals surface area contributed by atoms with Gasteiger partial charge < -0.3 is 10.4 Å². The summed E-state index contributed by atoms with van der Waals surface area (Å²) in [7, 11) is 0. The maximum absolute atomic E-state index is 12.3. The van der Waals surface area contributed by atoms with Crippen LogP contribution in [0, 0.1) is 5.92 Å². The number of allylic oxidation sites excluding steroid dienone is 2. The molecule has 1 aromatic rings. The highest BCUT2D eigenvalue weighted by Gasteiger charge is 2.24. The second kappa shape index (κ2) is 7.08. The van der Waals surface area contributed by atoms with Gasteiger partial charge in [-0.25, -0.2) is 0 Å². The van der Waals surface area contributed by atoms with Crippen LogP contribution >= 0.6 is 0 Å². The maximum atomic E-state index is 12.3. The predicted octanol–water partition coefficient (Wildman–Crippen LogP) is 3.11. The molecule has 2 aliphatic rings. The van der Waals surface area contributed by atoms with Crippen LogP contribution in [0.1, 0.15) is 44.2 Å². The fourth-order valence-corrected chi connectivity index (χ4v) is 3.77. The van der Waals surface area contributed by atoms with E-state index in [1.54, 1.807) is 0 Å². The highest BCUT2D eigenvalue weighted by molar-refractivity contribution is 5.92. The molecular formula is C20H28N2O2. The van der Waals surface area contributed by atoms with Gasteiger partial charge in [-0.05, 0) is 56.2 Å². The zero-order chi connectivity index (χ0) is 17.2. The van der Waals surface area contributed by atoms with Gasteiger partial charge in [0.15, 0.2) is 0 Å². The third-order valence-electron chi connectivity index (χ3n) is 4.79. The molecule has 0 fully saturated rings. The number of amides is 1. The van der Waals surface area contributed by atoms with Crippen LogP contribution in [0.25, 0.3) is 0 Å². The topological polar surface area (TPSA) is 52.6 Å². The number of aliphatic hydroxyl groups is 1. The minimum absolute atomic E-state index is 0.110. The van der Waals surface area contributed by atoms with Crippen LogP contribution in [0.15, 0.2) is 30.4 Å². The molecule has 4 heteroatoms. The smallest absolute Gasteiger partial charge is 0.224 e. The molecular weight excluding hydrogens is 300 g/mol. The minimum atomic E-state index is -0.682. The molecule has 1 aliphatic heterocycles. The van der Waals surface area contributed by atoms with E-state index in [0.717, 1.165) is 38.0 Å². The molecule has 0 spiro atoms. The summed E-state index contributed by atoms with van der Waals surface area (Å²) in [5.41, 5.74) is 2.78. The number of anilines is 1. The summed E-state index contributed by atoms with van der Waals surface area (Å²) in [5.74, 6) is 0.505. The second-order valence-electron chi connectivity index (χ2n) is 7.73. The van der Waals surface area contributed by atoms with Crippen molar-refractivity contribution in [3.8, 4) is 0 Å². The molecule has 1 heterocycles. The Morgan fingerprint density at radius 1 is 1.42 bits per heavy atom. The third kappa shape index (κ3) is 4.46. The molecule has 130 valence electrons. The number of hydrogen-bond donors (Lipinski definition) is 2. The number of fused-ring (bicyclic) bond motifs is 1. The molecule has 4 nitrogen and oxygen atoms in total. The molecule has 24 heavy (non-hydrogen) atoms. The highest BCUT2D eigenvalue weighted by Crippen LogP contribution is 2.28. The van der Waals surface area contributed by atoms with Gasteiger partial charge in [0, 0.05) is 31.7 Å². The number of β-amino-alcohol motifs (C(OH)–C–C–N with tert-alkyl or cyclic N) is 1. The lowest BCUT2D eigenvalue weighted by Gasteiger charge is -2.33. The number of carbonyl (C=O) groups is 1.